The molecule has 0 fully saturated rings. The number of methoxy groups -OCH3 is 1. The number of H-pyrrole nitrogens is 1. The Bertz CT molecular complexity index is 1080. The Morgan fingerprint density at radius 2 is 1.91 bits per heavy atom. The van der Waals surface area contributed by atoms with Crippen molar-refractivity contribution in [2.45, 2.75) is 59.5 Å². The van der Waals surface area contributed by atoms with Crippen LogP contribution in [0.2, 0.25) is 5.02 Å². The zero-order chi connectivity index (χ0) is 25.6. The number of nitrogens with zero attached hydrogens (tertiary/aromatic N) is 1. The van der Waals surface area contributed by atoms with E-state index >= 15 is 0 Å². The van der Waals surface area contributed by atoms with Gasteiger partial charge in [-0.2, -0.15) is 0 Å². The molecule has 188 valence electrons. The summed E-state index contributed by atoms with van der Waals surface area (Å²) in [5.74, 6) is -0.533. The molecular formula is C25H36ClN3O5. The molecule has 0 aliphatic heterocycles. The van der Waals surface area contributed by atoms with Crippen molar-refractivity contribution in [3.63, 3.8) is 0 Å². The van der Waals surface area contributed by atoms with Crippen LogP contribution in [0.3, 0.4) is 0 Å². The number of carbonyl (C=O) groups is 1. The lowest BCUT2D eigenvalue weighted by atomic mass is 10.0. The number of hydrogen-bond acceptors (Lipinski definition) is 6. The van der Waals surface area contributed by atoms with Gasteiger partial charge >= 0.3 is 0 Å². The average Bonchev–Trinajstić information content (AvgIpc) is 2.76. The zero-order valence-electron chi connectivity index (χ0n) is 21.1. The maximum Gasteiger partial charge on any atom is 0.255 e. The van der Waals surface area contributed by atoms with Crippen molar-refractivity contribution in [1.82, 2.24) is 15.2 Å². The van der Waals surface area contributed by atoms with Gasteiger partial charge in [-0.05, 0) is 59.3 Å². The predicted octanol–water partition coefficient (Wildman–Crippen LogP) is 4.10. The molecule has 1 amide bonds. The quantitative estimate of drug-likeness (QED) is 0.435. The van der Waals surface area contributed by atoms with Crippen molar-refractivity contribution in [2.24, 2.45) is 0 Å². The number of aromatic amines is 1. The number of rotatable bonds is 11. The van der Waals surface area contributed by atoms with E-state index in [1.54, 1.807) is 13.8 Å². The molecule has 34 heavy (non-hydrogen) atoms. The van der Waals surface area contributed by atoms with Gasteiger partial charge in [0.2, 0.25) is 0 Å². The minimum atomic E-state index is -0.520. The number of aromatic hydroxyl groups is 1. The minimum Gasteiger partial charge on any atom is -0.504 e. The number of phenolic OH excluding ortho intramolecular Hbond substituents is 1. The number of carbonyl (C=O) groups excluding carboxylic acids is 1. The van der Waals surface area contributed by atoms with E-state index in [9.17, 15) is 14.7 Å². The van der Waals surface area contributed by atoms with Crippen LogP contribution in [0.1, 0.15) is 58.9 Å². The first-order valence-corrected chi connectivity index (χ1v) is 11.8. The van der Waals surface area contributed by atoms with Crippen molar-refractivity contribution < 1.29 is 19.4 Å². The van der Waals surface area contributed by atoms with Crippen molar-refractivity contribution in [2.75, 3.05) is 27.8 Å². The molecule has 3 N–H and O–H groups in total. The predicted molar refractivity (Wildman–Crippen MR) is 135 cm³/mol. The summed E-state index contributed by atoms with van der Waals surface area (Å²) in [6, 6.07) is 2.18. The Kier molecular flexibility index (Phi) is 9.82. The second kappa shape index (κ2) is 12.1. The Balaban J connectivity index is 2.28. The van der Waals surface area contributed by atoms with E-state index in [-0.39, 0.29) is 45.5 Å². The number of phenols is 1. The van der Waals surface area contributed by atoms with E-state index < -0.39 is 5.91 Å². The summed E-state index contributed by atoms with van der Waals surface area (Å²) in [5.41, 5.74) is 2.08. The van der Waals surface area contributed by atoms with Crippen molar-refractivity contribution in [3.8, 4) is 17.2 Å². The van der Waals surface area contributed by atoms with Crippen LogP contribution in [0.5, 0.6) is 17.2 Å². The highest BCUT2D eigenvalue weighted by atomic mass is 35.5. The molecule has 0 bridgehead atoms. The zero-order valence-corrected chi connectivity index (χ0v) is 21.9. The lowest BCUT2D eigenvalue weighted by molar-refractivity contribution is 0.0946. The highest BCUT2D eigenvalue weighted by Crippen LogP contribution is 2.46. The second-order valence-electron chi connectivity index (χ2n) is 8.69. The van der Waals surface area contributed by atoms with Crippen molar-refractivity contribution >= 4 is 17.5 Å². The van der Waals surface area contributed by atoms with Gasteiger partial charge < -0.3 is 29.8 Å². The number of aryl methyl sites for hydroxylation is 2. The van der Waals surface area contributed by atoms with E-state index in [0.717, 1.165) is 30.5 Å². The Morgan fingerprint density at radius 1 is 1.24 bits per heavy atom. The third kappa shape index (κ3) is 6.24. The molecule has 0 saturated carbocycles. The Hall–Kier alpha value is -2.71. The van der Waals surface area contributed by atoms with Crippen LogP contribution in [0.4, 0.5) is 0 Å². The minimum absolute atomic E-state index is 0.0167. The highest BCUT2D eigenvalue weighted by Gasteiger charge is 2.27. The lowest BCUT2D eigenvalue weighted by Crippen LogP contribution is -2.29. The lowest BCUT2D eigenvalue weighted by Gasteiger charge is -2.24. The third-order valence-electron chi connectivity index (χ3n) is 5.97. The van der Waals surface area contributed by atoms with E-state index in [2.05, 4.69) is 22.1 Å². The number of ether oxygens (including phenoxy) is 2. The van der Waals surface area contributed by atoms with Crippen LogP contribution in [0, 0.1) is 20.8 Å². The summed E-state index contributed by atoms with van der Waals surface area (Å²) in [6.07, 6.45) is 2.84. The summed E-state index contributed by atoms with van der Waals surface area (Å²) in [4.78, 5) is 30.2. The summed E-state index contributed by atoms with van der Waals surface area (Å²) in [5, 5.41) is 13.6. The number of pyridine rings is 1. The van der Waals surface area contributed by atoms with Crippen molar-refractivity contribution in [1.29, 1.82) is 0 Å². The molecule has 9 heteroatoms. The first-order chi connectivity index (χ1) is 16.0. The van der Waals surface area contributed by atoms with Crippen LogP contribution in [-0.4, -0.2) is 54.8 Å². The monoisotopic (exact) mass is 493 g/mol. The van der Waals surface area contributed by atoms with Gasteiger partial charge in [0.05, 0.1) is 19.3 Å². The third-order valence-corrected chi connectivity index (χ3v) is 6.31. The number of benzene rings is 1. The fourth-order valence-electron chi connectivity index (χ4n) is 4.02. The maximum atomic E-state index is 13.1. The molecule has 8 nitrogen and oxygen atoms in total. The van der Waals surface area contributed by atoms with E-state index in [1.807, 2.05) is 27.1 Å². The second-order valence-corrected chi connectivity index (χ2v) is 9.07. The molecule has 0 aliphatic carbocycles. The normalized spacial score (nSPS) is 12.0. The summed E-state index contributed by atoms with van der Waals surface area (Å²) >= 11 is 6.50. The molecular weight excluding hydrogens is 458 g/mol. The number of aromatic nitrogens is 1. The maximum absolute atomic E-state index is 13.1. The van der Waals surface area contributed by atoms with Crippen LogP contribution in [0.15, 0.2) is 10.9 Å². The van der Waals surface area contributed by atoms with E-state index in [0.29, 0.717) is 18.2 Å². The highest BCUT2D eigenvalue weighted by molar-refractivity contribution is 6.34. The van der Waals surface area contributed by atoms with Gasteiger partial charge in [-0.3, -0.25) is 9.59 Å². The average molecular weight is 494 g/mol. The van der Waals surface area contributed by atoms with Gasteiger partial charge in [0.1, 0.15) is 5.02 Å². The number of hydrogen-bond donors (Lipinski definition) is 3. The molecule has 0 radical (unpaired) electrons. The van der Waals surface area contributed by atoms with E-state index in [4.69, 9.17) is 21.1 Å². The van der Waals surface area contributed by atoms with Gasteiger partial charge in [0, 0.05) is 29.4 Å². The summed E-state index contributed by atoms with van der Waals surface area (Å²) in [6.45, 7) is 7.70. The first kappa shape index (κ1) is 27.5. The number of halogens is 1. The van der Waals surface area contributed by atoms with Crippen LogP contribution < -0.4 is 20.3 Å². The molecule has 1 atom stereocenters. The summed E-state index contributed by atoms with van der Waals surface area (Å²) < 4.78 is 11.3. The molecule has 0 aliphatic rings. The molecule has 1 aromatic carbocycles. The molecule has 0 spiro atoms. The number of amides is 1. The molecule has 2 aromatic rings. The molecule has 1 heterocycles. The van der Waals surface area contributed by atoms with Gasteiger partial charge in [-0.1, -0.05) is 24.9 Å². The van der Waals surface area contributed by atoms with Crippen LogP contribution in [0.25, 0.3) is 0 Å². The van der Waals surface area contributed by atoms with Gasteiger partial charge in [-0.25, -0.2) is 0 Å². The molecule has 1 aromatic heterocycles. The fourth-order valence-corrected chi connectivity index (χ4v) is 4.34. The largest absolute Gasteiger partial charge is 0.504 e. The fraction of sp³-hybridized carbons (Fsp3) is 0.520. The van der Waals surface area contributed by atoms with E-state index in [1.165, 1.54) is 7.11 Å². The molecule has 1 unspecified atom stereocenters. The first-order valence-electron chi connectivity index (χ1n) is 11.4. The SMILES string of the molecule is CCCC(CCOc1c(O)c(C)c(C(=O)NCc2c(C)cc(C)[nH]c2=O)c(OC)c1Cl)N(C)C. The van der Waals surface area contributed by atoms with Gasteiger partial charge in [0.15, 0.2) is 17.2 Å². The number of nitrogens with one attached hydrogen (secondary N) is 2. The molecule has 0 saturated heterocycles. The van der Waals surface area contributed by atoms with Crippen LogP contribution >= 0.6 is 11.6 Å². The van der Waals surface area contributed by atoms with Gasteiger partial charge in [0.25, 0.3) is 11.5 Å². The standard InChI is InChI=1S/C25H36ClN3O5/c1-8-9-17(29(5)6)10-11-34-23-20(26)22(33-7)19(16(4)21(23)30)25(32)27-13-18-14(2)12-15(3)28-24(18)31/h12,17,30H,8-11,13H2,1-7H3,(H,27,32)(H,28,31). The Morgan fingerprint density at radius 3 is 2.47 bits per heavy atom. The summed E-state index contributed by atoms with van der Waals surface area (Å²) in [7, 11) is 5.45. The molecule has 2 rings (SSSR count). The Labute approximate surface area is 206 Å². The van der Waals surface area contributed by atoms with Crippen molar-refractivity contribution in [3.05, 3.63) is 49.4 Å². The topological polar surface area (TPSA) is 104 Å². The van der Waals surface area contributed by atoms with Gasteiger partial charge in [-0.15, -0.1) is 0 Å². The van der Waals surface area contributed by atoms with Crippen LogP contribution in [-0.2, 0) is 6.54 Å². The smallest absolute Gasteiger partial charge is 0.255 e.